The van der Waals surface area contributed by atoms with Crippen molar-refractivity contribution in [1.82, 2.24) is 10.6 Å². The largest absolute Gasteiger partial charge is 0.492 e. The Bertz CT molecular complexity index is 963. The molecule has 7 heteroatoms. The van der Waals surface area contributed by atoms with Crippen LogP contribution in [0.4, 0.5) is 0 Å². The van der Waals surface area contributed by atoms with Gasteiger partial charge in [0.25, 0.3) is 5.91 Å². The second-order valence-corrected chi connectivity index (χ2v) is 8.53. The molecule has 4 unspecified atom stereocenters. The molecule has 1 aliphatic carbocycles. The smallest absolute Gasteiger partial charge is 0.251 e. The van der Waals surface area contributed by atoms with Gasteiger partial charge in [0, 0.05) is 23.1 Å². The summed E-state index contributed by atoms with van der Waals surface area (Å²) >= 11 is 0. The summed E-state index contributed by atoms with van der Waals surface area (Å²) in [4.78, 5) is 35.2. The van der Waals surface area contributed by atoms with Crippen LogP contribution in [-0.2, 0) is 9.53 Å². The van der Waals surface area contributed by atoms with Crippen LogP contribution in [0.15, 0.2) is 42.5 Å². The van der Waals surface area contributed by atoms with Crippen molar-refractivity contribution in [2.45, 2.75) is 45.3 Å². The van der Waals surface area contributed by atoms with Gasteiger partial charge in [0.1, 0.15) is 18.6 Å². The molecule has 34 heavy (non-hydrogen) atoms. The topological polar surface area (TPSA) is 93.7 Å². The lowest BCUT2D eigenvalue weighted by molar-refractivity contribution is -0.113. The van der Waals surface area contributed by atoms with E-state index in [9.17, 15) is 14.4 Å². The molecule has 0 radical (unpaired) electrons. The molecule has 0 saturated heterocycles. The SMILES string of the molecule is C.CC1CC(OCC=O)CC1NC(=O)c1cc(C=O)c2c(c1)C(c1ccccc1)CO2.CNC. The summed E-state index contributed by atoms with van der Waals surface area (Å²) in [5, 5.41) is 5.83. The molecule has 184 valence electrons. The highest BCUT2D eigenvalue weighted by molar-refractivity contribution is 5.97. The maximum Gasteiger partial charge on any atom is 0.251 e. The average molecular weight is 469 g/mol. The van der Waals surface area contributed by atoms with Crippen LogP contribution >= 0.6 is 0 Å². The number of benzene rings is 2. The number of amides is 1. The van der Waals surface area contributed by atoms with Crippen LogP contribution < -0.4 is 15.4 Å². The highest BCUT2D eigenvalue weighted by atomic mass is 16.5. The van der Waals surface area contributed by atoms with Gasteiger partial charge < -0.3 is 24.9 Å². The fourth-order valence-electron chi connectivity index (χ4n) is 4.49. The highest BCUT2D eigenvalue weighted by Crippen LogP contribution is 2.41. The van der Waals surface area contributed by atoms with Gasteiger partial charge in [-0.3, -0.25) is 9.59 Å². The van der Waals surface area contributed by atoms with Gasteiger partial charge in [-0.1, -0.05) is 44.7 Å². The third-order valence-electron chi connectivity index (χ3n) is 6.06. The minimum Gasteiger partial charge on any atom is -0.492 e. The zero-order valence-corrected chi connectivity index (χ0v) is 19.4. The molecule has 2 aromatic carbocycles. The molecule has 2 N–H and O–H groups in total. The standard InChI is InChI=1S/C24H25NO5.C2H7N.CH4/c1-15-9-19(29-8-7-26)12-22(15)25-24(28)17-10-18(13-27)23-20(11-17)21(14-30-23)16-5-3-2-4-6-16;1-3-2;/h2-7,10-11,13,15,19,21-22H,8-9,12,14H2,1H3,(H,25,28);3H,1-2H3;1H4. The molecule has 0 spiro atoms. The molecule has 2 aromatic rings. The predicted octanol–water partition coefficient (Wildman–Crippen LogP) is 3.61. The van der Waals surface area contributed by atoms with E-state index in [1.165, 1.54) is 0 Å². The molecule has 1 saturated carbocycles. The first kappa shape index (κ1) is 27.2. The van der Waals surface area contributed by atoms with E-state index in [4.69, 9.17) is 9.47 Å². The summed E-state index contributed by atoms with van der Waals surface area (Å²) in [7, 11) is 3.75. The zero-order valence-electron chi connectivity index (χ0n) is 19.4. The number of aldehydes is 2. The third kappa shape index (κ3) is 6.30. The quantitative estimate of drug-likeness (QED) is 0.603. The Balaban J connectivity index is 0.000000970. The molecule has 0 aromatic heterocycles. The Morgan fingerprint density at radius 3 is 2.50 bits per heavy atom. The molecule has 2 aliphatic rings. The van der Waals surface area contributed by atoms with Crippen molar-refractivity contribution in [1.29, 1.82) is 0 Å². The van der Waals surface area contributed by atoms with Crippen molar-refractivity contribution < 1.29 is 23.9 Å². The summed E-state index contributed by atoms with van der Waals surface area (Å²) in [6.07, 6.45) is 2.92. The van der Waals surface area contributed by atoms with Gasteiger partial charge in [-0.2, -0.15) is 0 Å². The molecule has 1 amide bonds. The fraction of sp³-hybridized carbons (Fsp3) is 0.444. The molecule has 4 rings (SSSR count). The fourth-order valence-corrected chi connectivity index (χ4v) is 4.49. The molecule has 0 bridgehead atoms. The Labute approximate surface area is 202 Å². The van der Waals surface area contributed by atoms with Crippen LogP contribution in [0.2, 0.25) is 0 Å². The predicted molar refractivity (Wildman–Crippen MR) is 133 cm³/mol. The molecular formula is C27H36N2O5. The lowest BCUT2D eigenvalue weighted by Gasteiger charge is -2.18. The number of hydrogen-bond acceptors (Lipinski definition) is 6. The monoisotopic (exact) mass is 468 g/mol. The van der Waals surface area contributed by atoms with Crippen LogP contribution in [0.25, 0.3) is 0 Å². The molecule has 1 heterocycles. The number of ether oxygens (including phenoxy) is 2. The summed E-state index contributed by atoms with van der Waals surface area (Å²) in [6.45, 7) is 2.58. The van der Waals surface area contributed by atoms with Crippen LogP contribution in [0.5, 0.6) is 5.75 Å². The van der Waals surface area contributed by atoms with Crippen molar-refractivity contribution in [3.63, 3.8) is 0 Å². The summed E-state index contributed by atoms with van der Waals surface area (Å²) in [5.74, 6) is 0.574. The maximum atomic E-state index is 13.0. The number of rotatable bonds is 7. The Hall–Kier alpha value is -3.03. The Morgan fingerprint density at radius 2 is 1.85 bits per heavy atom. The van der Waals surface area contributed by atoms with Gasteiger partial charge in [0.05, 0.1) is 18.3 Å². The normalized spacial score (nSPS) is 22.3. The van der Waals surface area contributed by atoms with E-state index >= 15 is 0 Å². The van der Waals surface area contributed by atoms with Crippen LogP contribution in [-0.4, -0.2) is 57.9 Å². The van der Waals surface area contributed by atoms with Crippen molar-refractivity contribution in [3.8, 4) is 5.75 Å². The number of fused-ring (bicyclic) bond motifs is 1. The van der Waals surface area contributed by atoms with Gasteiger partial charge in [-0.15, -0.1) is 0 Å². The first-order valence-corrected chi connectivity index (χ1v) is 11.3. The summed E-state index contributed by atoms with van der Waals surface area (Å²) in [6, 6.07) is 13.3. The number of carbonyl (C=O) groups excluding carboxylic acids is 3. The molecule has 7 nitrogen and oxygen atoms in total. The second-order valence-electron chi connectivity index (χ2n) is 8.53. The number of carbonyl (C=O) groups is 3. The van der Waals surface area contributed by atoms with Crippen molar-refractivity contribution in [3.05, 3.63) is 64.7 Å². The molecule has 1 aliphatic heterocycles. The van der Waals surface area contributed by atoms with Gasteiger partial charge >= 0.3 is 0 Å². The Morgan fingerprint density at radius 1 is 1.15 bits per heavy atom. The second kappa shape index (κ2) is 13.0. The highest BCUT2D eigenvalue weighted by Gasteiger charge is 2.34. The summed E-state index contributed by atoms with van der Waals surface area (Å²) in [5.41, 5.74) is 2.79. The van der Waals surface area contributed by atoms with Crippen molar-refractivity contribution >= 4 is 18.5 Å². The minimum absolute atomic E-state index is 0. The zero-order chi connectivity index (χ0) is 23.8. The molecule has 1 fully saturated rings. The van der Waals surface area contributed by atoms with E-state index in [1.807, 2.05) is 50.5 Å². The van der Waals surface area contributed by atoms with Crippen molar-refractivity contribution in [2.24, 2.45) is 5.92 Å². The van der Waals surface area contributed by atoms with Crippen LogP contribution in [0.1, 0.15) is 65.0 Å². The van der Waals surface area contributed by atoms with Gasteiger partial charge in [0.15, 0.2) is 6.29 Å². The van der Waals surface area contributed by atoms with E-state index in [0.29, 0.717) is 29.9 Å². The number of hydrogen-bond donors (Lipinski definition) is 2. The van der Waals surface area contributed by atoms with Gasteiger partial charge in [-0.25, -0.2) is 0 Å². The molecular weight excluding hydrogens is 432 g/mol. The minimum atomic E-state index is -0.215. The first-order chi connectivity index (χ1) is 16.0. The molecule has 4 atom stereocenters. The van der Waals surface area contributed by atoms with Gasteiger partial charge in [0.2, 0.25) is 0 Å². The lowest BCUT2D eigenvalue weighted by atomic mass is 9.90. The van der Waals surface area contributed by atoms with Crippen molar-refractivity contribution in [2.75, 3.05) is 27.3 Å². The van der Waals surface area contributed by atoms with Crippen LogP contribution in [0.3, 0.4) is 0 Å². The van der Waals surface area contributed by atoms with E-state index in [2.05, 4.69) is 17.6 Å². The summed E-state index contributed by atoms with van der Waals surface area (Å²) < 4.78 is 11.3. The van der Waals surface area contributed by atoms with Crippen LogP contribution in [0, 0.1) is 5.92 Å². The third-order valence-corrected chi connectivity index (χ3v) is 6.06. The van der Waals surface area contributed by atoms with E-state index in [0.717, 1.165) is 30.1 Å². The maximum absolute atomic E-state index is 13.0. The number of nitrogens with one attached hydrogen (secondary N) is 2. The Kier molecular flexibility index (Phi) is 10.4. The van der Waals surface area contributed by atoms with E-state index in [-0.39, 0.29) is 43.9 Å². The average Bonchev–Trinajstić information content (AvgIpc) is 3.41. The lowest BCUT2D eigenvalue weighted by Crippen LogP contribution is -2.37. The first-order valence-electron chi connectivity index (χ1n) is 11.3. The van der Waals surface area contributed by atoms with Gasteiger partial charge in [-0.05, 0) is 50.6 Å². The van der Waals surface area contributed by atoms with E-state index in [1.54, 1.807) is 6.07 Å². The van der Waals surface area contributed by atoms with E-state index < -0.39 is 0 Å².